The Balaban J connectivity index is 0.000000259. The van der Waals surface area contributed by atoms with Crippen molar-refractivity contribution in [1.29, 1.82) is 0 Å². The smallest absolute Gasteiger partial charge is 0.335 e. The summed E-state index contributed by atoms with van der Waals surface area (Å²) >= 11 is 0. The Kier molecular flexibility index (Phi) is 8.12. The number of fused-ring (bicyclic) bond motifs is 2. The van der Waals surface area contributed by atoms with Crippen LogP contribution in [0.2, 0.25) is 0 Å². The molecule has 3 aromatic rings. The minimum atomic E-state index is -1.01. The quantitative estimate of drug-likeness (QED) is 0.304. The summed E-state index contributed by atoms with van der Waals surface area (Å²) in [6.45, 7) is 11.0. The van der Waals surface area contributed by atoms with Crippen molar-refractivity contribution in [1.82, 2.24) is 5.32 Å². The Labute approximate surface area is 234 Å². The Bertz CT molecular complexity index is 1450. The summed E-state index contributed by atoms with van der Waals surface area (Å²) in [7, 11) is 0. The molecule has 2 aliphatic heterocycles. The number of amides is 2. The molecule has 3 aromatic carbocycles. The maximum atomic E-state index is 15.2. The van der Waals surface area contributed by atoms with Gasteiger partial charge in [0.05, 0.1) is 11.0 Å². The van der Waals surface area contributed by atoms with E-state index in [1.54, 1.807) is 25.1 Å². The van der Waals surface area contributed by atoms with E-state index in [-0.39, 0.29) is 34.7 Å². The first-order valence-electron chi connectivity index (χ1n) is 13.3. The van der Waals surface area contributed by atoms with Crippen LogP contribution in [0.4, 0.5) is 15.8 Å². The Hall–Kier alpha value is -4.04. The predicted molar refractivity (Wildman–Crippen MR) is 154 cm³/mol. The van der Waals surface area contributed by atoms with Crippen molar-refractivity contribution in [2.24, 2.45) is 5.41 Å². The van der Waals surface area contributed by atoms with E-state index < -0.39 is 11.4 Å². The molecule has 0 bridgehead atoms. The molecule has 1 spiro atoms. The van der Waals surface area contributed by atoms with E-state index in [9.17, 15) is 14.4 Å². The van der Waals surface area contributed by atoms with Gasteiger partial charge >= 0.3 is 5.97 Å². The van der Waals surface area contributed by atoms with Crippen LogP contribution in [0.25, 0.3) is 0 Å². The molecular formula is C32H36FN3O4. The van der Waals surface area contributed by atoms with Crippen molar-refractivity contribution in [3.05, 3.63) is 94.3 Å². The first kappa shape index (κ1) is 29.0. The van der Waals surface area contributed by atoms with Crippen LogP contribution in [-0.2, 0) is 15.0 Å². The Morgan fingerprint density at radius 1 is 1.12 bits per heavy atom. The molecule has 4 N–H and O–H groups in total. The number of anilines is 2. The van der Waals surface area contributed by atoms with E-state index in [1.165, 1.54) is 12.1 Å². The van der Waals surface area contributed by atoms with Gasteiger partial charge in [-0.2, -0.15) is 0 Å². The summed E-state index contributed by atoms with van der Waals surface area (Å²) in [5.74, 6) is -1.47. The van der Waals surface area contributed by atoms with Crippen molar-refractivity contribution in [3.63, 3.8) is 0 Å². The van der Waals surface area contributed by atoms with Crippen LogP contribution in [-0.4, -0.2) is 36.0 Å². The lowest BCUT2D eigenvalue weighted by Gasteiger charge is -2.37. The molecule has 2 aliphatic rings. The number of aromatic carboxylic acids is 1. The van der Waals surface area contributed by atoms with Gasteiger partial charge in [0.2, 0.25) is 12.3 Å². The maximum absolute atomic E-state index is 15.2. The molecule has 0 saturated carbocycles. The van der Waals surface area contributed by atoms with E-state index in [0.717, 1.165) is 23.2 Å². The van der Waals surface area contributed by atoms with Gasteiger partial charge in [0, 0.05) is 29.9 Å². The molecule has 0 aliphatic carbocycles. The highest BCUT2D eigenvalue weighted by atomic mass is 19.1. The van der Waals surface area contributed by atoms with Crippen LogP contribution in [0, 0.1) is 25.1 Å². The number of halogens is 1. The number of rotatable bonds is 5. The van der Waals surface area contributed by atoms with Gasteiger partial charge in [-0.3, -0.25) is 9.59 Å². The third kappa shape index (κ3) is 5.49. The van der Waals surface area contributed by atoms with E-state index in [0.29, 0.717) is 29.8 Å². The van der Waals surface area contributed by atoms with Gasteiger partial charge in [0.25, 0.3) is 0 Å². The topological polar surface area (TPSA) is 108 Å². The van der Waals surface area contributed by atoms with Crippen LogP contribution in [0.5, 0.6) is 0 Å². The van der Waals surface area contributed by atoms with Crippen LogP contribution >= 0.6 is 0 Å². The third-order valence-electron chi connectivity index (χ3n) is 7.66. The zero-order chi connectivity index (χ0) is 29.2. The number of nitrogens with one attached hydrogen (secondary N) is 3. The molecule has 1 fully saturated rings. The second kappa shape index (κ2) is 11.2. The van der Waals surface area contributed by atoms with Gasteiger partial charge in [0.1, 0.15) is 5.82 Å². The van der Waals surface area contributed by atoms with E-state index >= 15 is 4.39 Å². The minimum Gasteiger partial charge on any atom is -0.478 e. The fourth-order valence-electron chi connectivity index (χ4n) is 5.94. The zero-order valence-corrected chi connectivity index (χ0v) is 23.5. The third-order valence-corrected chi connectivity index (χ3v) is 7.66. The lowest BCUT2D eigenvalue weighted by atomic mass is 9.63. The molecule has 40 heavy (non-hydrogen) atoms. The monoisotopic (exact) mass is 545 g/mol. The summed E-state index contributed by atoms with van der Waals surface area (Å²) in [6, 6.07) is 17.6. The number of hydrogen-bond acceptors (Lipinski definition) is 4. The van der Waals surface area contributed by atoms with Crippen LogP contribution in [0.1, 0.15) is 65.7 Å². The number of carboxylic acids is 1. The van der Waals surface area contributed by atoms with E-state index in [1.807, 2.05) is 25.1 Å². The van der Waals surface area contributed by atoms with Crippen LogP contribution in [0.15, 0.2) is 60.7 Å². The maximum Gasteiger partial charge on any atom is 0.335 e. The van der Waals surface area contributed by atoms with Gasteiger partial charge in [-0.15, -0.1) is 0 Å². The standard InChI is InChI=1S/C24H29FN2O.C8H7NO3/c1-14-9-10-17-19(11-14)27-22(28)24(17)18(13-26-20(24)12-23(3,4)5)16-8-6-7-15(2)21(16)25;10-5-9-7-3-1-2-6(4-7)8(11)12/h6-11,18,20,26H,12-13H2,1-5H3,(H,27,28);1-5H,(H,9,10)(H,11,12)/t18?,20?,24-;/m0./s1. The van der Waals surface area contributed by atoms with Crippen molar-refractivity contribution in [2.45, 2.75) is 58.4 Å². The predicted octanol–water partition coefficient (Wildman–Crippen LogP) is 5.78. The normalized spacial score (nSPS) is 21.3. The van der Waals surface area contributed by atoms with Crippen molar-refractivity contribution >= 4 is 29.7 Å². The average Bonchev–Trinajstić information content (AvgIpc) is 3.38. The summed E-state index contributed by atoms with van der Waals surface area (Å²) in [5.41, 5.74) is 4.09. The van der Waals surface area contributed by atoms with Crippen LogP contribution < -0.4 is 16.0 Å². The number of hydrogen-bond donors (Lipinski definition) is 4. The summed E-state index contributed by atoms with van der Waals surface area (Å²) in [4.78, 5) is 34.0. The first-order chi connectivity index (χ1) is 18.9. The number of carboxylic acid groups (broad SMARTS) is 1. The van der Waals surface area contributed by atoms with Crippen molar-refractivity contribution < 1.29 is 23.9 Å². The van der Waals surface area contributed by atoms with Crippen LogP contribution in [0.3, 0.4) is 0 Å². The molecule has 210 valence electrons. The van der Waals surface area contributed by atoms with Gasteiger partial charge in [0.15, 0.2) is 0 Å². The number of benzene rings is 3. The second-order valence-corrected chi connectivity index (χ2v) is 11.8. The second-order valence-electron chi connectivity index (χ2n) is 11.8. The molecule has 2 amide bonds. The lowest BCUT2D eigenvalue weighted by Crippen LogP contribution is -2.49. The molecule has 2 heterocycles. The number of aryl methyl sites for hydroxylation is 2. The molecule has 5 rings (SSSR count). The summed E-state index contributed by atoms with van der Waals surface area (Å²) in [6.07, 6.45) is 1.33. The van der Waals surface area contributed by atoms with E-state index in [2.05, 4.69) is 48.9 Å². The Morgan fingerprint density at radius 3 is 2.52 bits per heavy atom. The van der Waals surface area contributed by atoms with Gasteiger partial charge in [-0.25, -0.2) is 9.18 Å². The largest absolute Gasteiger partial charge is 0.478 e. The molecule has 7 nitrogen and oxygen atoms in total. The fourth-order valence-corrected chi connectivity index (χ4v) is 5.94. The molecule has 8 heteroatoms. The molecular weight excluding hydrogens is 509 g/mol. The lowest BCUT2D eigenvalue weighted by molar-refractivity contribution is -0.122. The highest BCUT2D eigenvalue weighted by Gasteiger charge is 2.61. The molecule has 2 unspecified atom stereocenters. The van der Waals surface area contributed by atoms with Crippen molar-refractivity contribution in [2.75, 3.05) is 17.2 Å². The average molecular weight is 546 g/mol. The summed E-state index contributed by atoms with van der Waals surface area (Å²) in [5, 5.41) is 17.6. The molecule has 1 saturated heterocycles. The molecule has 0 radical (unpaired) electrons. The zero-order valence-electron chi connectivity index (χ0n) is 23.5. The minimum absolute atomic E-state index is 0.0155. The highest BCUT2D eigenvalue weighted by molar-refractivity contribution is 6.08. The number of carbonyl (C=O) groups excluding carboxylic acids is 2. The SMILES string of the molecule is Cc1ccc2c(c1)NC(=O)[C@@]21C(CC(C)(C)C)NCC1c1cccc(C)c1F.O=CNc1cccc(C(=O)O)c1. The fraction of sp³-hybridized carbons (Fsp3) is 0.344. The van der Waals surface area contributed by atoms with Gasteiger partial charge in [-0.05, 0) is 72.2 Å². The Morgan fingerprint density at radius 2 is 1.85 bits per heavy atom. The number of carbonyl (C=O) groups is 3. The van der Waals surface area contributed by atoms with Gasteiger partial charge in [-0.1, -0.05) is 57.2 Å². The molecule has 3 atom stereocenters. The van der Waals surface area contributed by atoms with Crippen molar-refractivity contribution in [3.8, 4) is 0 Å². The first-order valence-corrected chi connectivity index (χ1v) is 13.3. The summed E-state index contributed by atoms with van der Waals surface area (Å²) < 4.78 is 15.2. The molecule has 0 aromatic heterocycles. The van der Waals surface area contributed by atoms with E-state index in [4.69, 9.17) is 5.11 Å². The van der Waals surface area contributed by atoms with Gasteiger partial charge < -0.3 is 21.1 Å². The highest BCUT2D eigenvalue weighted by Crippen LogP contribution is 2.54.